The van der Waals surface area contributed by atoms with E-state index in [0.717, 1.165) is 48.4 Å². The van der Waals surface area contributed by atoms with Crippen LogP contribution in [0, 0.1) is 11.8 Å². The van der Waals surface area contributed by atoms with Crippen molar-refractivity contribution in [2.24, 2.45) is 11.8 Å². The largest absolute Gasteiger partial charge is 0.338 e. The van der Waals surface area contributed by atoms with Crippen LogP contribution in [0.5, 0.6) is 0 Å². The molecular weight excluding hydrogens is 380 g/mol. The van der Waals surface area contributed by atoms with E-state index in [1.54, 1.807) is 18.0 Å². The number of aromatic nitrogens is 2. The minimum absolute atomic E-state index is 0.162. The van der Waals surface area contributed by atoms with Crippen LogP contribution >= 0.6 is 11.8 Å². The van der Waals surface area contributed by atoms with Crippen molar-refractivity contribution in [2.75, 3.05) is 39.0 Å². The van der Waals surface area contributed by atoms with Crippen molar-refractivity contribution < 1.29 is 4.79 Å². The average Bonchev–Trinajstić information content (AvgIpc) is 3.24. The van der Waals surface area contributed by atoms with Crippen molar-refractivity contribution >= 4 is 17.7 Å². The second kappa shape index (κ2) is 9.35. The number of hydrogen-bond donors (Lipinski definition) is 0. The van der Waals surface area contributed by atoms with Gasteiger partial charge in [-0.3, -0.25) is 9.36 Å². The lowest BCUT2D eigenvalue weighted by Gasteiger charge is -2.38. The monoisotopic (exact) mass is 412 g/mol. The van der Waals surface area contributed by atoms with Crippen LogP contribution in [-0.4, -0.2) is 64.2 Å². The zero-order valence-corrected chi connectivity index (χ0v) is 18.4. The maximum Gasteiger partial charge on any atom is 0.253 e. The molecule has 0 saturated carbocycles. The number of piperidine rings is 2. The highest BCUT2D eigenvalue weighted by Crippen LogP contribution is 2.24. The molecule has 4 rings (SSSR count). The first kappa shape index (κ1) is 20.5. The summed E-state index contributed by atoms with van der Waals surface area (Å²) in [5, 5.41) is 0.934. The van der Waals surface area contributed by atoms with Gasteiger partial charge < -0.3 is 9.80 Å². The predicted molar refractivity (Wildman–Crippen MR) is 119 cm³/mol. The molecule has 0 aliphatic carbocycles. The SMILES string of the molecule is CSc1nccn1-c1cccc(C(=O)N2CCCC(CN3CCC(C)CC3)C2)c1. The molecule has 1 amide bonds. The predicted octanol–water partition coefficient (Wildman–Crippen LogP) is 4.18. The van der Waals surface area contributed by atoms with Gasteiger partial charge in [-0.05, 0) is 75.1 Å². The highest BCUT2D eigenvalue weighted by Gasteiger charge is 2.27. The molecule has 3 heterocycles. The molecule has 6 heteroatoms. The summed E-state index contributed by atoms with van der Waals surface area (Å²) in [6, 6.07) is 7.95. The van der Waals surface area contributed by atoms with Gasteiger partial charge in [-0.25, -0.2) is 4.98 Å². The van der Waals surface area contributed by atoms with E-state index in [1.165, 1.54) is 32.4 Å². The number of likely N-dealkylation sites (tertiary alicyclic amines) is 2. The number of amides is 1. The van der Waals surface area contributed by atoms with E-state index < -0.39 is 0 Å². The zero-order chi connectivity index (χ0) is 20.2. The summed E-state index contributed by atoms with van der Waals surface area (Å²) in [7, 11) is 0. The number of carbonyl (C=O) groups is 1. The van der Waals surface area contributed by atoms with Crippen LogP contribution < -0.4 is 0 Å². The molecule has 0 bridgehead atoms. The lowest BCUT2D eigenvalue weighted by molar-refractivity contribution is 0.0622. The Kier molecular flexibility index (Phi) is 6.60. The standard InChI is InChI=1S/C23H32N4OS/c1-18-8-12-25(13-9-18)16-19-5-4-11-26(17-19)22(28)20-6-3-7-21(15-20)27-14-10-24-23(27)29-2/h3,6-7,10,14-15,18-19H,4-5,8-9,11-13,16-17H2,1-2H3. The van der Waals surface area contributed by atoms with Crippen LogP contribution in [-0.2, 0) is 0 Å². The maximum atomic E-state index is 13.2. The average molecular weight is 413 g/mol. The second-order valence-electron chi connectivity index (χ2n) is 8.58. The van der Waals surface area contributed by atoms with Crippen molar-refractivity contribution in [1.29, 1.82) is 0 Å². The number of carbonyl (C=O) groups excluding carboxylic acids is 1. The fourth-order valence-electron chi connectivity index (χ4n) is 4.62. The van der Waals surface area contributed by atoms with Crippen LogP contribution in [0.2, 0.25) is 0 Å². The molecule has 1 unspecified atom stereocenters. The summed E-state index contributed by atoms with van der Waals surface area (Å²) in [5.74, 6) is 1.63. The topological polar surface area (TPSA) is 41.4 Å². The summed E-state index contributed by atoms with van der Waals surface area (Å²) in [6.07, 6.45) is 10.7. The minimum Gasteiger partial charge on any atom is -0.338 e. The number of hydrogen-bond acceptors (Lipinski definition) is 4. The van der Waals surface area contributed by atoms with Gasteiger partial charge in [0.15, 0.2) is 5.16 Å². The van der Waals surface area contributed by atoms with Crippen molar-refractivity contribution in [1.82, 2.24) is 19.4 Å². The van der Waals surface area contributed by atoms with Gasteiger partial charge in [-0.2, -0.15) is 0 Å². The first-order chi connectivity index (χ1) is 14.1. The molecule has 156 valence electrons. The third kappa shape index (κ3) is 4.86. The van der Waals surface area contributed by atoms with E-state index in [4.69, 9.17) is 0 Å². The third-order valence-corrected chi connectivity index (χ3v) is 7.03. The van der Waals surface area contributed by atoms with E-state index in [1.807, 2.05) is 41.3 Å². The lowest BCUT2D eigenvalue weighted by Crippen LogP contribution is -2.45. The van der Waals surface area contributed by atoms with Gasteiger partial charge in [0.25, 0.3) is 5.91 Å². The van der Waals surface area contributed by atoms with Crippen molar-refractivity contribution in [3.05, 3.63) is 42.2 Å². The Morgan fingerprint density at radius 3 is 2.83 bits per heavy atom. The number of nitrogens with zero attached hydrogens (tertiary/aromatic N) is 4. The van der Waals surface area contributed by atoms with Crippen molar-refractivity contribution in [2.45, 2.75) is 37.8 Å². The Morgan fingerprint density at radius 1 is 1.21 bits per heavy atom. The molecule has 1 aromatic heterocycles. The number of rotatable bonds is 5. The van der Waals surface area contributed by atoms with Crippen molar-refractivity contribution in [3.8, 4) is 5.69 Å². The van der Waals surface area contributed by atoms with E-state index in [9.17, 15) is 4.79 Å². The van der Waals surface area contributed by atoms with Crippen LogP contribution in [0.15, 0.2) is 41.8 Å². The van der Waals surface area contributed by atoms with Gasteiger partial charge in [0, 0.05) is 43.3 Å². The Hall–Kier alpha value is -1.79. The molecule has 29 heavy (non-hydrogen) atoms. The highest BCUT2D eigenvalue weighted by molar-refractivity contribution is 7.98. The first-order valence-electron chi connectivity index (χ1n) is 10.8. The second-order valence-corrected chi connectivity index (χ2v) is 9.35. The third-order valence-electron chi connectivity index (χ3n) is 6.36. The van der Waals surface area contributed by atoms with Gasteiger partial charge >= 0.3 is 0 Å². The molecule has 2 aliphatic heterocycles. The van der Waals surface area contributed by atoms with Gasteiger partial charge in [0.2, 0.25) is 0 Å². The summed E-state index contributed by atoms with van der Waals surface area (Å²) >= 11 is 1.61. The van der Waals surface area contributed by atoms with Gasteiger partial charge in [0.1, 0.15) is 0 Å². The Bertz CT molecular complexity index is 828. The number of imidazole rings is 1. The highest BCUT2D eigenvalue weighted by atomic mass is 32.2. The van der Waals surface area contributed by atoms with Crippen LogP contribution in [0.25, 0.3) is 5.69 Å². The van der Waals surface area contributed by atoms with E-state index in [2.05, 4.69) is 21.7 Å². The summed E-state index contributed by atoms with van der Waals surface area (Å²) in [5.41, 5.74) is 1.77. The first-order valence-corrected chi connectivity index (χ1v) is 12.1. The number of thioether (sulfide) groups is 1. The molecule has 5 nitrogen and oxygen atoms in total. The summed E-state index contributed by atoms with van der Waals surface area (Å²) in [4.78, 5) is 22.3. The molecule has 2 saturated heterocycles. The van der Waals surface area contributed by atoms with Crippen LogP contribution in [0.4, 0.5) is 0 Å². The van der Waals surface area contributed by atoms with E-state index >= 15 is 0 Å². The molecule has 2 fully saturated rings. The van der Waals surface area contributed by atoms with E-state index in [0.29, 0.717) is 5.92 Å². The molecule has 0 radical (unpaired) electrons. The summed E-state index contributed by atoms with van der Waals surface area (Å²) in [6.45, 7) is 7.70. The molecule has 1 aromatic carbocycles. The van der Waals surface area contributed by atoms with Gasteiger partial charge in [-0.1, -0.05) is 24.8 Å². The normalized spacial score (nSPS) is 21.4. The van der Waals surface area contributed by atoms with Gasteiger partial charge in [0.05, 0.1) is 0 Å². The maximum absolute atomic E-state index is 13.2. The fraction of sp³-hybridized carbons (Fsp3) is 0.565. The quantitative estimate of drug-likeness (QED) is 0.691. The Labute approximate surface area is 178 Å². The van der Waals surface area contributed by atoms with E-state index in [-0.39, 0.29) is 5.91 Å². The Balaban J connectivity index is 1.42. The van der Waals surface area contributed by atoms with Crippen LogP contribution in [0.3, 0.4) is 0 Å². The molecule has 0 spiro atoms. The molecule has 2 aliphatic rings. The van der Waals surface area contributed by atoms with Crippen LogP contribution in [0.1, 0.15) is 43.0 Å². The molecule has 1 atom stereocenters. The molecule has 2 aromatic rings. The van der Waals surface area contributed by atoms with Crippen molar-refractivity contribution in [3.63, 3.8) is 0 Å². The lowest BCUT2D eigenvalue weighted by atomic mass is 9.94. The molecule has 0 N–H and O–H groups in total. The summed E-state index contributed by atoms with van der Waals surface area (Å²) < 4.78 is 2.04. The minimum atomic E-state index is 0.162. The number of benzene rings is 1. The smallest absolute Gasteiger partial charge is 0.253 e. The Morgan fingerprint density at radius 2 is 2.03 bits per heavy atom. The fourth-order valence-corrected chi connectivity index (χ4v) is 5.15. The zero-order valence-electron chi connectivity index (χ0n) is 17.6. The molecular formula is C23H32N4OS. The van der Waals surface area contributed by atoms with Gasteiger partial charge in [-0.15, -0.1) is 0 Å².